The number of halogens is 1. The van der Waals surface area contributed by atoms with Gasteiger partial charge in [-0.1, -0.05) is 51.8 Å². The molecule has 0 unspecified atom stereocenters. The number of hydrogen-bond acceptors (Lipinski definition) is 4. The molecule has 6 nitrogen and oxygen atoms in total. The van der Waals surface area contributed by atoms with Crippen molar-refractivity contribution < 1.29 is 35.8 Å². The number of methoxy groups -OCH3 is 1. The number of rotatable bonds is 21. The van der Waals surface area contributed by atoms with Gasteiger partial charge < -0.3 is 31.5 Å². The maximum absolute atomic E-state index is 13.4. The monoisotopic (exact) mass is 701 g/mol. The van der Waals surface area contributed by atoms with Gasteiger partial charge in [-0.05, 0) is 126 Å². The number of carbonyl (C=O) groups is 2. The number of unbranched alkanes of at least 4 members (excludes halogenated alkanes) is 4. The first-order valence-electron chi connectivity index (χ1n) is 17.5. The number of Topliss-reactive ketones (excluding diaryl/α,β-unsaturated/α-hetero) is 1. The summed E-state index contributed by atoms with van der Waals surface area (Å²) in [6.07, 6.45) is 8.58. The second-order valence-corrected chi connectivity index (χ2v) is 13.3. The molecule has 2 rings (SSSR count). The lowest BCUT2D eigenvalue weighted by Gasteiger charge is -2.38. The molecule has 260 valence electrons. The molecule has 1 amide bonds. The minimum atomic E-state index is 0. The summed E-state index contributed by atoms with van der Waals surface area (Å²) in [4.78, 5) is 28.6. The van der Waals surface area contributed by atoms with E-state index in [1.54, 1.807) is 7.11 Å². The van der Waals surface area contributed by atoms with Gasteiger partial charge in [-0.25, -0.2) is 0 Å². The molecule has 0 aliphatic carbocycles. The Kier molecular flexibility index (Phi) is 19.0. The molecule has 2 aromatic carbocycles. The van der Waals surface area contributed by atoms with Crippen LogP contribution in [-0.2, 0) is 16.0 Å². The van der Waals surface area contributed by atoms with Crippen LogP contribution in [0.15, 0.2) is 18.2 Å². The number of carbonyl (C=O) groups excluding carboxylic acids is 2. The van der Waals surface area contributed by atoms with Crippen molar-refractivity contribution in [2.75, 3.05) is 58.2 Å². The Hall–Kier alpha value is -2.22. The molecule has 0 atom stereocenters. The van der Waals surface area contributed by atoms with Crippen molar-refractivity contribution in [1.82, 2.24) is 4.90 Å². The predicted octanol–water partition coefficient (Wildman–Crippen LogP) is 5.21. The number of anilines is 1. The van der Waals surface area contributed by atoms with Gasteiger partial charge in [0, 0.05) is 12.1 Å². The van der Waals surface area contributed by atoms with Crippen LogP contribution in [-0.4, -0.2) is 74.0 Å². The number of nitrogens with one attached hydrogen (secondary N) is 1. The fourth-order valence-corrected chi connectivity index (χ4v) is 7.09. The molecule has 7 heteroatoms. The van der Waals surface area contributed by atoms with Gasteiger partial charge in [-0.15, -0.1) is 0 Å². The van der Waals surface area contributed by atoms with Crippen molar-refractivity contribution in [2.45, 2.75) is 114 Å². The number of quaternary nitrogens is 1. The lowest BCUT2D eigenvalue weighted by atomic mass is 9.97. The summed E-state index contributed by atoms with van der Waals surface area (Å²) in [6, 6.07) is 6.32. The Balaban J connectivity index is 0.0000106. The lowest BCUT2D eigenvalue weighted by molar-refractivity contribution is -0.921. The van der Waals surface area contributed by atoms with Crippen LogP contribution >= 0.6 is 0 Å². The van der Waals surface area contributed by atoms with Gasteiger partial charge in [-0.3, -0.25) is 14.5 Å². The van der Waals surface area contributed by atoms with Crippen LogP contribution in [0.1, 0.15) is 105 Å². The van der Waals surface area contributed by atoms with Crippen LogP contribution < -0.4 is 27.0 Å². The highest BCUT2D eigenvalue weighted by molar-refractivity contribution is 5.94. The molecule has 2 aromatic rings. The second kappa shape index (κ2) is 20.9. The van der Waals surface area contributed by atoms with Crippen LogP contribution in [0.25, 0.3) is 0 Å². The largest absolute Gasteiger partial charge is 1.00 e. The van der Waals surface area contributed by atoms with Gasteiger partial charge in [0.05, 0.1) is 33.3 Å². The number of nitrogens with zero attached hydrogens (tertiary/aromatic N) is 2. The second-order valence-electron chi connectivity index (χ2n) is 13.3. The molecule has 0 saturated heterocycles. The first kappa shape index (κ1) is 41.8. The minimum Gasteiger partial charge on any atom is -1.00 e. The van der Waals surface area contributed by atoms with Crippen LogP contribution in [0, 0.1) is 41.5 Å². The summed E-state index contributed by atoms with van der Waals surface area (Å²) >= 11 is 0. The van der Waals surface area contributed by atoms with Crippen LogP contribution in [0.4, 0.5) is 5.69 Å². The molecule has 0 aliphatic rings. The molecular formula is C39H64BrN3O3. The first-order valence-corrected chi connectivity index (χ1v) is 17.5. The van der Waals surface area contributed by atoms with Gasteiger partial charge in [0.2, 0.25) is 5.91 Å². The van der Waals surface area contributed by atoms with Crippen molar-refractivity contribution in [1.29, 1.82) is 0 Å². The highest BCUT2D eigenvalue weighted by Crippen LogP contribution is 2.35. The summed E-state index contributed by atoms with van der Waals surface area (Å²) < 4.78 is 6.54. The lowest BCUT2D eigenvalue weighted by Crippen LogP contribution is -3.00. The Morgan fingerprint density at radius 2 is 1.33 bits per heavy atom. The fourth-order valence-electron chi connectivity index (χ4n) is 7.09. The smallest absolute Gasteiger partial charge is 0.238 e. The van der Waals surface area contributed by atoms with Crippen molar-refractivity contribution in [3.63, 3.8) is 0 Å². The van der Waals surface area contributed by atoms with E-state index in [9.17, 15) is 9.59 Å². The predicted molar refractivity (Wildman–Crippen MR) is 191 cm³/mol. The normalized spacial score (nSPS) is 11.5. The maximum atomic E-state index is 13.4. The molecular weight excluding hydrogens is 638 g/mol. The molecule has 0 saturated carbocycles. The van der Waals surface area contributed by atoms with Crippen LogP contribution in [0.3, 0.4) is 0 Å². The summed E-state index contributed by atoms with van der Waals surface area (Å²) in [7, 11) is 1.70. The maximum Gasteiger partial charge on any atom is 0.238 e. The zero-order valence-electron chi connectivity index (χ0n) is 30.8. The molecule has 1 N–H and O–H groups in total. The van der Waals surface area contributed by atoms with Crippen molar-refractivity contribution >= 4 is 17.4 Å². The van der Waals surface area contributed by atoms with E-state index in [0.717, 1.165) is 96.6 Å². The van der Waals surface area contributed by atoms with Gasteiger partial charge >= 0.3 is 0 Å². The SMILES string of the molecule is CCC[N+](CCC)(CCCCCCCN(CC)CC(=O)Nc1c(C)c(C)c(OC)c(C)c1C)CC(=O)Cc1c(C)cccc1C.[Br-]. The van der Waals surface area contributed by atoms with E-state index < -0.39 is 0 Å². The van der Waals surface area contributed by atoms with Crippen LogP contribution in [0.5, 0.6) is 5.75 Å². The van der Waals surface area contributed by atoms with Gasteiger partial charge in [0.1, 0.15) is 12.3 Å². The van der Waals surface area contributed by atoms with Crippen LogP contribution in [0.2, 0.25) is 0 Å². The number of amides is 1. The van der Waals surface area contributed by atoms with Crippen molar-refractivity contribution in [3.05, 3.63) is 57.1 Å². The Morgan fingerprint density at radius 1 is 0.783 bits per heavy atom. The van der Waals surface area contributed by atoms with Crippen molar-refractivity contribution in [3.8, 4) is 5.75 Å². The molecule has 46 heavy (non-hydrogen) atoms. The molecule has 0 aliphatic heterocycles. The number of benzene rings is 2. The van der Waals surface area contributed by atoms with Crippen molar-refractivity contribution in [2.24, 2.45) is 0 Å². The number of aryl methyl sites for hydroxylation is 2. The standard InChI is InChI=1S/C39H63N3O3.BrH/c1-11-23-42(24-12-2,28-35(43)26-36-29(4)20-19-21-30(36)5)25-18-16-14-15-17-22-41(13-3)27-37(44)40-38-31(6)33(8)39(45-10)34(9)32(38)7;/h19-21H,11-18,22-28H2,1-10H3;1H. The Morgan fingerprint density at radius 3 is 1.85 bits per heavy atom. The summed E-state index contributed by atoms with van der Waals surface area (Å²) in [5.74, 6) is 1.32. The third-order valence-electron chi connectivity index (χ3n) is 9.87. The summed E-state index contributed by atoms with van der Waals surface area (Å²) in [5.41, 5.74) is 8.86. The van der Waals surface area contributed by atoms with Gasteiger partial charge in [0.15, 0.2) is 5.78 Å². The number of ether oxygens (including phenoxy) is 1. The van der Waals surface area contributed by atoms with E-state index in [2.05, 4.69) is 76.9 Å². The number of ketones is 1. The summed E-state index contributed by atoms with van der Waals surface area (Å²) in [5, 5.41) is 3.20. The summed E-state index contributed by atoms with van der Waals surface area (Å²) in [6.45, 7) is 25.2. The van der Waals surface area contributed by atoms with Gasteiger partial charge in [-0.2, -0.15) is 0 Å². The zero-order chi connectivity index (χ0) is 33.6. The highest BCUT2D eigenvalue weighted by atomic mass is 79.9. The van der Waals surface area contributed by atoms with Gasteiger partial charge in [0.25, 0.3) is 0 Å². The third kappa shape index (κ3) is 12.1. The molecule has 0 heterocycles. The number of hydrogen-bond donors (Lipinski definition) is 1. The molecule has 0 spiro atoms. The zero-order valence-corrected chi connectivity index (χ0v) is 32.4. The highest BCUT2D eigenvalue weighted by Gasteiger charge is 2.29. The average Bonchev–Trinajstić information content (AvgIpc) is 2.99. The molecule has 0 aromatic heterocycles. The average molecular weight is 703 g/mol. The molecule has 0 fully saturated rings. The quantitative estimate of drug-likeness (QED) is 0.144. The Bertz CT molecular complexity index is 1200. The van der Waals surface area contributed by atoms with E-state index >= 15 is 0 Å². The first-order chi connectivity index (χ1) is 21.4. The minimum absolute atomic E-state index is 0. The molecule has 0 radical (unpaired) electrons. The van der Waals surface area contributed by atoms with E-state index in [1.807, 2.05) is 13.8 Å². The number of likely N-dealkylation sites (N-methyl/N-ethyl adjacent to an activating group) is 1. The van der Waals surface area contributed by atoms with E-state index in [4.69, 9.17) is 4.74 Å². The van der Waals surface area contributed by atoms with E-state index in [-0.39, 0.29) is 22.9 Å². The van der Waals surface area contributed by atoms with E-state index in [0.29, 0.717) is 25.3 Å². The third-order valence-corrected chi connectivity index (χ3v) is 9.87. The molecule has 0 bridgehead atoms. The fraction of sp³-hybridized carbons (Fsp3) is 0.641. The van der Waals surface area contributed by atoms with E-state index in [1.165, 1.54) is 36.0 Å². The topological polar surface area (TPSA) is 58.6 Å². The Labute approximate surface area is 292 Å².